The molecule has 1 amide bonds. The summed E-state index contributed by atoms with van der Waals surface area (Å²) in [6, 6.07) is 7.66. The SMILES string of the molecule is CCCCc1ncc(CN2CCN(c3ccccc3OC)C(=O)C2)[nH]1. The Kier molecular flexibility index (Phi) is 5.71. The van der Waals surface area contributed by atoms with Gasteiger partial charge in [0.25, 0.3) is 0 Å². The molecule has 25 heavy (non-hydrogen) atoms. The first-order valence-corrected chi connectivity index (χ1v) is 8.89. The van der Waals surface area contributed by atoms with E-state index in [-0.39, 0.29) is 5.91 Å². The van der Waals surface area contributed by atoms with E-state index in [4.69, 9.17) is 4.74 Å². The van der Waals surface area contributed by atoms with Gasteiger partial charge < -0.3 is 14.6 Å². The van der Waals surface area contributed by atoms with Crippen LogP contribution >= 0.6 is 0 Å². The van der Waals surface area contributed by atoms with Gasteiger partial charge in [0.15, 0.2) is 0 Å². The average molecular weight is 342 g/mol. The van der Waals surface area contributed by atoms with Crippen LogP contribution in [-0.4, -0.2) is 47.5 Å². The molecule has 6 heteroatoms. The predicted molar refractivity (Wildman–Crippen MR) is 97.8 cm³/mol. The highest BCUT2D eigenvalue weighted by atomic mass is 16.5. The van der Waals surface area contributed by atoms with E-state index in [9.17, 15) is 4.79 Å². The smallest absolute Gasteiger partial charge is 0.241 e. The average Bonchev–Trinajstić information content (AvgIpc) is 3.07. The van der Waals surface area contributed by atoms with Crippen LogP contribution in [0.3, 0.4) is 0 Å². The van der Waals surface area contributed by atoms with Crippen LogP contribution in [0.25, 0.3) is 0 Å². The molecular formula is C19H26N4O2. The summed E-state index contributed by atoms with van der Waals surface area (Å²) in [5, 5.41) is 0. The molecule has 0 atom stereocenters. The Balaban J connectivity index is 1.60. The summed E-state index contributed by atoms with van der Waals surface area (Å²) in [5.74, 6) is 1.87. The number of para-hydroxylation sites is 2. The number of ether oxygens (including phenoxy) is 1. The van der Waals surface area contributed by atoms with Crippen molar-refractivity contribution in [2.75, 3.05) is 31.6 Å². The van der Waals surface area contributed by atoms with Gasteiger partial charge in [0.2, 0.25) is 5.91 Å². The minimum absolute atomic E-state index is 0.0986. The number of nitrogens with zero attached hydrogens (tertiary/aromatic N) is 3. The maximum atomic E-state index is 12.6. The number of amides is 1. The fourth-order valence-corrected chi connectivity index (χ4v) is 3.16. The Labute approximate surface area is 148 Å². The summed E-state index contributed by atoms with van der Waals surface area (Å²) < 4.78 is 5.38. The van der Waals surface area contributed by atoms with Gasteiger partial charge in [0.1, 0.15) is 11.6 Å². The van der Waals surface area contributed by atoms with E-state index >= 15 is 0 Å². The van der Waals surface area contributed by atoms with Crippen molar-refractivity contribution in [2.45, 2.75) is 32.7 Å². The fraction of sp³-hybridized carbons (Fsp3) is 0.474. The van der Waals surface area contributed by atoms with Crippen molar-refractivity contribution in [3.8, 4) is 5.75 Å². The topological polar surface area (TPSA) is 61.5 Å². The lowest BCUT2D eigenvalue weighted by Gasteiger charge is -2.34. The van der Waals surface area contributed by atoms with Gasteiger partial charge in [0.05, 0.1) is 19.3 Å². The zero-order chi connectivity index (χ0) is 17.6. The summed E-state index contributed by atoms with van der Waals surface area (Å²) in [7, 11) is 1.63. The quantitative estimate of drug-likeness (QED) is 0.840. The first-order valence-electron chi connectivity index (χ1n) is 8.89. The standard InChI is InChI=1S/C19H26N4O2/c1-3-4-9-18-20-12-15(21-18)13-22-10-11-23(19(24)14-22)16-7-5-6-8-17(16)25-2/h5-8,12H,3-4,9-11,13-14H2,1-2H3,(H,20,21). The van der Waals surface area contributed by atoms with Crippen molar-refractivity contribution in [3.63, 3.8) is 0 Å². The summed E-state index contributed by atoms with van der Waals surface area (Å²) in [4.78, 5) is 24.4. The second kappa shape index (κ2) is 8.16. The number of hydrogen-bond acceptors (Lipinski definition) is 4. The summed E-state index contributed by atoms with van der Waals surface area (Å²) in [6.45, 7) is 4.80. The highest BCUT2D eigenvalue weighted by molar-refractivity contribution is 5.96. The van der Waals surface area contributed by atoms with E-state index in [1.807, 2.05) is 35.4 Å². The Morgan fingerprint density at radius 3 is 2.88 bits per heavy atom. The van der Waals surface area contributed by atoms with E-state index in [1.165, 1.54) is 0 Å². The van der Waals surface area contributed by atoms with E-state index in [0.717, 1.165) is 55.3 Å². The van der Waals surface area contributed by atoms with Crippen molar-refractivity contribution < 1.29 is 9.53 Å². The number of carbonyl (C=O) groups excluding carboxylic acids is 1. The number of aryl methyl sites for hydroxylation is 1. The number of nitrogens with one attached hydrogen (secondary N) is 1. The number of aromatic nitrogens is 2. The zero-order valence-corrected chi connectivity index (χ0v) is 15.0. The molecule has 0 unspecified atom stereocenters. The Hall–Kier alpha value is -2.34. The number of imidazole rings is 1. The van der Waals surface area contributed by atoms with Crippen LogP contribution in [0.1, 0.15) is 31.3 Å². The summed E-state index contributed by atoms with van der Waals surface area (Å²) >= 11 is 0. The number of aromatic amines is 1. The molecular weight excluding hydrogens is 316 g/mol. The van der Waals surface area contributed by atoms with Gasteiger partial charge in [-0.25, -0.2) is 4.98 Å². The number of hydrogen-bond donors (Lipinski definition) is 1. The molecule has 1 aliphatic rings. The lowest BCUT2D eigenvalue weighted by molar-refractivity contribution is -0.121. The van der Waals surface area contributed by atoms with Crippen LogP contribution < -0.4 is 9.64 Å². The number of methoxy groups -OCH3 is 1. The fourth-order valence-electron chi connectivity index (χ4n) is 3.16. The van der Waals surface area contributed by atoms with Crippen molar-refractivity contribution >= 4 is 11.6 Å². The molecule has 1 aromatic heterocycles. The number of carbonyl (C=O) groups is 1. The second-order valence-electron chi connectivity index (χ2n) is 6.39. The third-order valence-corrected chi connectivity index (χ3v) is 4.52. The normalized spacial score (nSPS) is 15.6. The van der Waals surface area contributed by atoms with Crippen LogP contribution in [-0.2, 0) is 17.8 Å². The van der Waals surface area contributed by atoms with Gasteiger partial charge in [-0.05, 0) is 18.6 Å². The van der Waals surface area contributed by atoms with Gasteiger partial charge in [-0.15, -0.1) is 0 Å². The highest BCUT2D eigenvalue weighted by Gasteiger charge is 2.27. The largest absolute Gasteiger partial charge is 0.495 e. The maximum absolute atomic E-state index is 12.6. The molecule has 1 aromatic carbocycles. The Morgan fingerprint density at radius 2 is 2.12 bits per heavy atom. The van der Waals surface area contributed by atoms with E-state index in [0.29, 0.717) is 13.1 Å². The number of H-pyrrole nitrogens is 1. The molecule has 0 saturated carbocycles. The molecule has 134 valence electrons. The number of anilines is 1. The van der Waals surface area contributed by atoms with Gasteiger partial charge in [-0.3, -0.25) is 9.69 Å². The number of unbranched alkanes of at least 4 members (excludes halogenated alkanes) is 1. The lowest BCUT2D eigenvalue weighted by Crippen LogP contribution is -2.50. The van der Waals surface area contributed by atoms with E-state index in [1.54, 1.807) is 7.11 Å². The van der Waals surface area contributed by atoms with E-state index in [2.05, 4.69) is 21.8 Å². The molecule has 1 saturated heterocycles. The van der Waals surface area contributed by atoms with Crippen molar-refractivity contribution in [3.05, 3.63) is 42.0 Å². The molecule has 1 aliphatic heterocycles. The first kappa shape index (κ1) is 17.5. The molecule has 0 aliphatic carbocycles. The van der Waals surface area contributed by atoms with Crippen LogP contribution in [0.5, 0.6) is 5.75 Å². The molecule has 1 N–H and O–H groups in total. The van der Waals surface area contributed by atoms with Crippen LogP contribution in [0.4, 0.5) is 5.69 Å². The Morgan fingerprint density at radius 1 is 1.28 bits per heavy atom. The molecule has 2 aromatic rings. The van der Waals surface area contributed by atoms with Crippen LogP contribution in [0.2, 0.25) is 0 Å². The minimum atomic E-state index is 0.0986. The maximum Gasteiger partial charge on any atom is 0.241 e. The minimum Gasteiger partial charge on any atom is -0.495 e. The van der Waals surface area contributed by atoms with Crippen molar-refractivity contribution in [1.82, 2.24) is 14.9 Å². The van der Waals surface area contributed by atoms with Gasteiger partial charge in [-0.2, -0.15) is 0 Å². The van der Waals surface area contributed by atoms with Crippen LogP contribution in [0.15, 0.2) is 30.5 Å². The Bertz CT molecular complexity index is 713. The third kappa shape index (κ3) is 4.20. The number of benzene rings is 1. The molecule has 0 spiro atoms. The van der Waals surface area contributed by atoms with E-state index < -0.39 is 0 Å². The second-order valence-corrected chi connectivity index (χ2v) is 6.39. The highest BCUT2D eigenvalue weighted by Crippen LogP contribution is 2.29. The lowest BCUT2D eigenvalue weighted by atomic mass is 10.2. The van der Waals surface area contributed by atoms with Gasteiger partial charge in [0, 0.05) is 37.9 Å². The molecule has 0 radical (unpaired) electrons. The molecule has 6 nitrogen and oxygen atoms in total. The third-order valence-electron chi connectivity index (χ3n) is 4.52. The predicted octanol–water partition coefficient (Wildman–Crippen LogP) is 2.61. The molecule has 2 heterocycles. The monoisotopic (exact) mass is 342 g/mol. The summed E-state index contributed by atoms with van der Waals surface area (Å²) in [5.41, 5.74) is 1.92. The molecule has 1 fully saturated rings. The molecule has 0 bridgehead atoms. The van der Waals surface area contributed by atoms with Crippen molar-refractivity contribution in [2.24, 2.45) is 0 Å². The van der Waals surface area contributed by atoms with Gasteiger partial charge in [-0.1, -0.05) is 25.5 Å². The first-order chi connectivity index (χ1) is 12.2. The number of rotatable bonds is 7. The van der Waals surface area contributed by atoms with Gasteiger partial charge >= 0.3 is 0 Å². The van der Waals surface area contributed by atoms with Crippen molar-refractivity contribution in [1.29, 1.82) is 0 Å². The number of piperazine rings is 1. The molecule has 3 rings (SSSR count). The zero-order valence-electron chi connectivity index (χ0n) is 15.0. The summed E-state index contributed by atoms with van der Waals surface area (Å²) in [6.07, 6.45) is 5.18. The van der Waals surface area contributed by atoms with Crippen LogP contribution in [0, 0.1) is 0 Å².